The number of nitrogens with one attached hydrogen (secondary N) is 1. The van der Waals surface area contributed by atoms with Gasteiger partial charge in [-0.15, -0.1) is 11.3 Å². The van der Waals surface area contributed by atoms with E-state index < -0.39 is 0 Å². The lowest BCUT2D eigenvalue weighted by Crippen LogP contribution is -2.11. The van der Waals surface area contributed by atoms with Crippen LogP contribution in [0.3, 0.4) is 0 Å². The maximum atomic E-state index is 12.8. The summed E-state index contributed by atoms with van der Waals surface area (Å²) in [5.74, 6) is 1.26. The zero-order valence-corrected chi connectivity index (χ0v) is 19.1. The number of carbonyl (C=O) groups excluding carboxylic acids is 2. The Morgan fingerprint density at radius 3 is 2.32 bits per heavy atom. The van der Waals surface area contributed by atoms with E-state index in [9.17, 15) is 9.59 Å². The number of thiazole rings is 1. The van der Waals surface area contributed by atoms with Gasteiger partial charge in [0.05, 0.1) is 10.2 Å². The molecule has 0 aliphatic rings. The number of aromatic nitrogens is 1. The summed E-state index contributed by atoms with van der Waals surface area (Å²) in [6, 6.07) is 29.7. The van der Waals surface area contributed by atoms with E-state index in [2.05, 4.69) is 10.3 Å². The maximum Gasteiger partial charge on any atom is 0.255 e. The Morgan fingerprint density at radius 2 is 1.56 bits per heavy atom. The first-order valence-electron chi connectivity index (χ1n) is 10.7. The largest absolute Gasteiger partial charge is 0.457 e. The number of benzene rings is 4. The quantitative estimate of drug-likeness (QED) is 0.270. The minimum Gasteiger partial charge on any atom is -0.457 e. The number of carbonyl (C=O) groups is 2. The number of para-hydroxylation sites is 1. The molecule has 0 saturated heterocycles. The predicted molar refractivity (Wildman–Crippen MR) is 136 cm³/mol. The molecule has 0 fully saturated rings. The van der Waals surface area contributed by atoms with E-state index >= 15 is 0 Å². The molecule has 0 radical (unpaired) electrons. The van der Waals surface area contributed by atoms with Crippen molar-refractivity contribution in [3.63, 3.8) is 0 Å². The van der Waals surface area contributed by atoms with Crippen molar-refractivity contribution in [1.82, 2.24) is 4.98 Å². The van der Waals surface area contributed by atoms with Gasteiger partial charge < -0.3 is 10.1 Å². The maximum absolute atomic E-state index is 12.8. The number of hydrogen-bond acceptors (Lipinski definition) is 5. The van der Waals surface area contributed by atoms with Gasteiger partial charge >= 0.3 is 0 Å². The molecule has 0 spiro atoms. The number of nitrogens with zero attached hydrogens (tertiary/aromatic N) is 1. The number of ketones is 1. The SMILES string of the molecule is CC(=O)c1cccc(-c2nc3ccc(C(=O)Nc4ccc(Oc5ccccc5)cc4)cc3s2)c1. The van der Waals surface area contributed by atoms with E-state index in [4.69, 9.17) is 4.74 Å². The van der Waals surface area contributed by atoms with E-state index in [1.165, 1.54) is 11.3 Å². The van der Waals surface area contributed by atoms with Crippen LogP contribution < -0.4 is 10.1 Å². The highest BCUT2D eigenvalue weighted by atomic mass is 32.1. The third-order valence-corrected chi connectivity index (χ3v) is 6.33. The van der Waals surface area contributed by atoms with E-state index in [1.807, 2.05) is 84.9 Å². The van der Waals surface area contributed by atoms with Crippen molar-refractivity contribution in [3.8, 4) is 22.1 Å². The fraction of sp³-hybridized carbons (Fsp3) is 0.0357. The molecule has 0 aliphatic heterocycles. The average molecular weight is 465 g/mol. The van der Waals surface area contributed by atoms with Crippen molar-refractivity contribution in [2.24, 2.45) is 0 Å². The molecule has 1 aromatic heterocycles. The normalized spacial score (nSPS) is 10.7. The molecule has 5 rings (SSSR count). The van der Waals surface area contributed by atoms with Gasteiger partial charge in [-0.2, -0.15) is 0 Å². The van der Waals surface area contributed by atoms with Crippen molar-refractivity contribution < 1.29 is 14.3 Å². The predicted octanol–water partition coefficient (Wildman–Crippen LogP) is 7.21. The van der Waals surface area contributed by atoms with Crippen LogP contribution in [0.1, 0.15) is 27.6 Å². The Hall–Kier alpha value is -4.29. The lowest BCUT2D eigenvalue weighted by Gasteiger charge is -2.08. The van der Waals surface area contributed by atoms with Gasteiger partial charge in [0.15, 0.2) is 5.78 Å². The molecular formula is C28H20N2O3S. The molecule has 1 N–H and O–H groups in total. The molecule has 5 nitrogen and oxygen atoms in total. The van der Waals surface area contributed by atoms with Crippen LogP contribution in [-0.4, -0.2) is 16.7 Å². The molecule has 5 aromatic rings. The number of Topliss-reactive ketones (excluding diaryl/α,β-unsaturated/α-hetero) is 1. The number of amides is 1. The first kappa shape index (κ1) is 21.6. The highest BCUT2D eigenvalue weighted by Gasteiger charge is 2.12. The van der Waals surface area contributed by atoms with E-state index in [0.717, 1.165) is 26.5 Å². The molecular weight excluding hydrogens is 444 g/mol. The van der Waals surface area contributed by atoms with E-state index in [1.54, 1.807) is 19.1 Å². The van der Waals surface area contributed by atoms with Gasteiger partial charge in [-0.25, -0.2) is 4.98 Å². The minimum absolute atomic E-state index is 0.0154. The Labute approximate surface area is 200 Å². The van der Waals surface area contributed by atoms with Crippen LogP contribution in [0.2, 0.25) is 0 Å². The van der Waals surface area contributed by atoms with Crippen LogP contribution in [0.25, 0.3) is 20.8 Å². The van der Waals surface area contributed by atoms with E-state index in [-0.39, 0.29) is 11.7 Å². The number of ether oxygens (including phenoxy) is 1. The molecule has 6 heteroatoms. The second-order valence-electron chi connectivity index (χ2n) is 7.73. The van der Waals surface area contributed by atoms with Gasteiger partial charge in [-0.05, 0) is 67.6 Å². The van der Waals surface area contributed by atoms with Crippen LogP contribution >= 0.6 is 11.3 Å². The lowest BCUT2D eigenvalue weighted by atomic mass is 10.1. The van der Waals surface area contributed by atoms with E-state index in [0.29, 0.717) is 22.6 Å². The Morgan fingerprint density at radius 1 is 0.794 bits per heavy atom. The molecule has 1 heterocycles. The molecule has 4 aromatic carbocycles. The van der Waals surface area contributed by atoms with Gasteiger partial charge in [0.1, 0.15) is 16.5 Å². The Balaban J connectivity index is 1.31. The molecule has 0 bridgehead atoms. The molecule has 166 valence electrons. The second kappa shape index (κ2) is 9.29. The summed E-state index contributed by atoms with van der Waals surface area (Å²) in [5, 5.41) is 3.73. The fourth-order valence-electron chi connectivity index (χ4n) is 3.49. The standard InChI is InChI=1S/C28H20N2O3S/c1-18(31)19-6-5-7-21(16-19)28-30-25-15-10-20(17-26(25)34-28)27(32)29-22-11-13-24(14-12-22)33-23-8-3-2-4-9-23/h2-17H,1H3,(H,29,32). The Bertz CT molecular complexity index is 1490. The molecule has 0 unspecified atom stereocenters. The van der Waals surface area contributed by atoms with Crippen molar-refractivity contribution in [2.45, 2.75) is 6.92 Å². The topological polar surface area (TPSA) is 68.3 Å². The minimum atomic E-state index is -0.202. The third kappa shape index (κ3) is 4.72. The monoisotopic (exact) mass is 464 g/mol. The van der Waals surface area contributed by atoms with Crippen molar-refractivity contribution >= 4 is 38.9 Å². The van der Waals surface area contributed by atoms with Crippen LogP contribution in [0.4, 0.5) is 5.69 Å². The van der Waals surface area contributed by atoms with Crippen molar-refractivity contribution in [1.29, 1.82) is 0 Å². The van der Waals surface area contributed by atoms with Gasteiger partial charge in [0.2, 0.25) is 0 Å². The first-order valence-corrected chi connectivity index (χ1v) is 11.5. The smallest absolute Gasteiger partial charge is 0.255 e. The van der Waals surface area contributed by atoms with Crippen LogP contribution in [0.5, 0.6) is 11.5 Å². The summed E-state index contributed by atoms with van der Waals surface area (Å²) in [6.45, 7) is 1.55. The van der Waals surface area contributed by atoms with Crippen molar-refractivity contribution in [2.75, 3.05) is 5.32 Å². The van der Waals surface area contributed by atoms with Gasteiger partial charge in [-0.3, -0.25) is 9.59 Å². The Kier molecular flexibility index (Phi) is 5.89. The number of anilines is 1. The summed E-state index contributed by atoms with van der Waals surface area (Å²) < 4.78 is 6.70. The van der Waals surface area contributed by atoms with Crippen LogP contribution in [0.15, 0.2) is 97.1 Å². The van der Waals surface area contributed by atoms with Crippen LogP contribution in [0, 0.1) is 0 Å². The van der Waals surface area contributed by atoms with Gasteiger partial charge in [0, 0.05) is 22.4 Å². The molecule has 34 heavy (non-hydrogen) atoms. The number of rotatable bonds is 6. The lowest BCUT2D eigenvalue weighted by molar-refractivity contribution is 0.101. The van der Waals surface area contributed by atoms with Gasteiger partial charge in [0.25, 0.3) is 5.91 Å². The zero-order chi connectivity index (χ0) is 23.5. The average Bonchev–Trinajstić information content (AvgIpc) is 3.29. The van der Waals surface area contributed by atoms with Crippen molar-refractivity contribution in [3.05, 3.63) is 108 Å². The molecule has 1 amide bonds. The third-order valence-electron chi connectivity index (χ3n) is 5.26. The number of fused-ring (bicyclic) bond motifs is 1. The molecule has 0 aliphatic carbocycles. The summed E-state index contributed by atoms with van der Waals surface area (Å²) in [6.07, 6.45) is 0. The highest BCUT2D eigenvalue weighted by Crippen LogP contribution is 2.31. The first-order chi connectivity index (χ1) is 16.5. The fourth-order valence-corrected chi connectivity index (χ4v) is 4.50. The molecule has 0 saturated carbocycles. The summed E-state index contributed by atoms with van der Waals surface area (Å²) >= 11 is 1.49. The summed E-state index contributed by atoms with van der Waals surface area (Å²) in [7, 11) is 0. The molecule has 0 atom stereocenters. The highest BCUT2D eigenvalue weighted by molar-refractivity contribution is 7.21. The zero-order valence-electron chi connectivity index (χ0n) is 18.3. The van der Waals surface area contributed by atoms with Gasteiger partial charge in [-0.1, -0.05) is 36.4 Å². The summed E-state index contributed by atoms with van der Waals surface area (Å²) in [5.41, 5.74) is 3.57. The number of hydrogen-bond donors (Lipinski definition) is 1. The van der Waals surface area contributed by atoms with Crippen LogP contribution in [-0.2, 0) is 0 Å². The summed E-state index contributed by atoms with van der Waals surface area (Å²) in [4.78, 5) is 29.2. The second-order valence-corrected chi connectivity index (χ2v) is 8.76.